The third-order valence-corrected chi connectivity index (χ3v) is 4.34. The number of hydrogen-bond acceptors (Lipinski definition) is 2. The van der Waals surface area contributed by atoms with Crippen molar-refractivity contribution in [3.63, 3.8) is 0 Å². The molecule has 21 heavy (non-hydrogen) atoms. The van der Waals surface area contributed by atoms with Crippen molar-refractivity contribution >= 4 is 21.7 Å². The van der Waals surface area contributed by atoms with Gasteiger partial charge in [0.1, 0.15) is 5.82 Å². The van der Waals surface area contributed by atoms with Crippen LogP contribution in [0.15, 0.2) is 28.7 Å². The Morgan fingerprint density at radius 1 is 1.29 bits per heavy atom. The number of aromatic nitrogens is 2. The van der Waals surface area contributed by atoms with Gasteiger partial charge in [0.25, 0.3) is 0 Å². The maximum atomic E-state index is 13.0. The zero-order valence-corrected chi connectivity index (χ0v) is 12.8. The largest absolute Gasteiger partial charge is 0.436 e. The molecule has 1 atom stereocenters. The molecule has 0 saturated carbocycles. The van der Waals surface area contributed by atoms with Gasteiger partial charge < -0.3 is 5.32 Å². The first-order valence-electron chi connectivity index (χ1n) is 6.53. The van der Waals surface area contributed by atoms with Crippen LogP contribution >= 0.6 is 15.9 Å². The molecular formula is C14H13BrF3N3. The Labute approximate surface area is 128 Å². The fourth-order valence-corrected chi connectivity index (χ4v) is 3.15. The van der Waals surface area contributed by atoms with Gasteiger partial charge >= 0.3 is 6.18 Å². The van der Waals surface area contributed by atoms with E-state index in [1.807, 2.05) is 31.2 Å². The second kappa shape index (κ2) is 5.05. The van der Waals surface area contributed by atoms with Gasteiger partial charge in [0.2, 0.25) is 0 Å². The zero-order chi connectivity index (χ0) is 15.2. The van der Waals surface area contributed by atoms with E-state index in [2.05, 4.69) is 26.3 Å². The summed E-state index contributed by atoms with van der Waals surface area (Å²) in [5.74, 6) is 0.388. The maximum Gasteiger partial charge on any atom is 0.436 e. The minimum absolute atomic E-state index is 0.0215. The van der Waals surface area contributed by atoms with Crippen LogP contribution in [0, 0.1) is 6.92 Å². The molecule has 1 aliphatic rings. The molecule has 0 radical (unpaired) electrons. The van der Waals surface area contributed by atoms with Crippen LogP contribution < -0.4 is 5.32 Å². The SMILES string of the molecule is Cc1ccc(C2CCNc3c(Br)c(C(F)(F)F)nn32)cc1. The number of halogens is 4. The molecule has 1 unspecified atom stereocenters. The van der Waals surface area contributed by atoms with Crippen molar-refractivity contribution in [3.8, 4) is 0 Å². The van der Waals surface area contributed by atoms with E-state index < -0.39 is 11.9 Å². The maximum absolute atomic E-state index is 13.0. The Kier molecular flexibility index (Phi) is 3.47. The fraction of sp³-hybridized carbons (Fsp3) is 0.357. The summed E-state index contributed by atoms with van der Waals surface area (Å²) in [5.41, 5.74) is 1.20. The van der Waals surface area contributed by atoms with Gasteiger partial charge in [-0.3, -0.25) is 0 Å². The first-order valence-corrected chi connectivity index (χ1v) is 7.33. The number of fused-ring (bicyclic) bond motifs is 1. The molecule has 0 saturated heterocycles. The molecule has 3 nitrogen and oxygen atoms in total. The molecule has 0 aliphatic carbocycles. The minimum atomic E-state index is -4.47. The average molecular weight is 360 g/mol. The van der Waals surface area contributed by atoms with E-state index in [-0.39, 0.29) is 10.5 Å². The van der Waals surface area contributed by atoms with E-state index >= 15 is 0 Å². The molecule has 112 valence electrons. The van der Waals surface area contributed by atoms with Crippen LogP contribution in [0.1, 0.15) is 29.3 Å². The molecule has 1 aromatic heterocycles. The third kappa shape index (κ3) is 2.54. The Hall–Kier alpha value is -1.50. The highest BCUT2D eigenvalue weighted by Gasteiger charge is 2.40. The first kappa shape index (κ1) is 14.4. The third-order valence-electron chi connectivity index (χ3n) is 3.59. The lowest BCUT2D eigenvalue weighted by Crippen LogP contribution is -2.24. The highest BCUT2D eigenvalue weighted by Crippen LogP contribution is 2.42. The normalized spacial score (nSPS) is 18.2. The van der Waals surface area contributed by atoms with E-state index in [1.54, 1.807) is 0 Å². The summed E-state index contributed by atoms with van der Waals surface area (Å²) in [6.07, 6.45) is -3.77. The van der Waals surface area contributed by atoms with E-state index in [1.165, 1.54) is 4.68 Å². The standard InChI is InChI=1S/C14H13BrF3N3/c1-8-2-4-9(5-3-8)10-6-7-19-13-11(15)12(14(16,17)18)20-21(10)13/h2-5,10,19H,6-7H2,1H3. The molecule has 0 bridgehead atoms. The minimum Gasteiger partial charge on any atom is -0.369 e. The molecule has 2 heterocycles. The van der Waals surface area contributed by atoms with E-state index in [4.69, 9.17) is 0 Å². The van der Waals surface area contributed by atoms with Crippen LogP contribution in [0.4, 0.5) is 19.0 Å². The molecule has 1 aliphatic heterocycles. The predicted octanol–water partition coefficient (Wildman–Crippen LogP) is 4.38. The first-order chi connectivity index (χ1) is 9.88. The van der Waals surface area contributed by atoms with Crippen molar-refractivity contribution in [1.29, 1.82) is 0 Å². The number of alkyl halides is 3. The lowest BCUT2D eigenvalue weighted by Gasteiger charge is -2.26. The predicted molar refractivity (Wildman–Crippen MR) is 77.4 cm³/mol. The lowest BCUT2D eigenvalue weighted by molar-refractivity contribution is -0.142. The lowest BCUT2D eigenvalue weighted by atomic mass is 10.0. The van der Waals surface area contributed by atoms with Crippen LogP contribution in [0.25, 0.3) is 0 Å². The van der Waals surface area contributed by atoms with Crippen LogP contribution in [0.2, 0.25) is 0 Å². The van der Waals surface area contributed by atoms with Gasteiger partial charge in [-0.25, -0.2) is 4.68 Å². The Morgan fingerprint density at radius 3 is 2.57 bits per heavy atom. The number of anilines is 1. The van der Waals surface area contributed by atoms with Crippen LogP contribution in [-0.2, 0) is 6.18 Å². The number of rotatable bonds is 1. The van der Waals surface area contributed by atoms with Crippen molar-refractivity contribution in [3.05, 3.63) is 45.6 Å². The van der Waals surface area contributed by atoms with E-state index in [0.29, 0.717) is 18.8 Å². The Morgan fingerprint density at radius 2 is 1.95 bits per heavy atom. The monoisotopic (exact) mass is 359 g/mol. The fourth-order valence-electron chi connectivity index (χ4n) is 2.53. The highest BCUT2D eigenvalue weighted by molar-refractivity contribution is 9.10. The molecule has 0 amide bonds. The number of hydrogen-bond donors (Lipinski definition) is 1. The smallest absolute Gasteiger partial charge is 0.369 e. The van der Waals surface area contributed by atoms with Crippen molar-refractivity contribution in [2.75, 3.05) is 11.9 Å². The van der Waals surface area contributed by atoms with Gasteiger partial charge in [-0.05, 0) is 34.8 Å². The van der Waals surface area contributed by atoms with Crippen molar-refractivity contribution in [2.45, 2.75) is 25.6 Å². The number of aryl methyl sites for hydroxylation is 1. The zero-order valence-electron chi connectivity index (χ0n) is 11.2. The quantitative estimate of drug-likeness (QED) is 0.818. The van der Waals surface area contributed by atoms with Crippen molar-refractivity contribution in [2.24, 2.45) is 0 Å². The van der Waals surface area contributed by atoms with Gasteiger partial charge in [-0.1, -0.05) is 29.8 Å². The topological polar surface area (TPSA) is 29.9 Å². The molecule has 7 heteroatoms. The summed E-state index contributed by atoms with van der Waals surface area (Å²) in [7, 11) is 0. The number of nitrogens with zero attached hydrogens (tertiary/aromatic N) is 2. The van der Waals surface area contributed by atoms with Gasteiger partial charge in [0.05, 0.1) is 10.5 Å². The van der Waals surface area contributed by atoms with Gasteiger partial charge in [0.15, 0.2) is 5.69 Å². The number of benzene rings is 1. The summed E-state index contributed by atoms with van der Waals surface area (Å²) < 4.78 is 40.4. The Balaban J connectivity index is 2.08. The molecule has 3 rings (SSSR count). The highest BCUT2D eigenvalue weighted by atomic mass is 79.9. The van der Waals surface area contributed by atoms with Crippen molar-refractivity contribution < 1.29 is 13.2 Å². The molecule has 0 fully saturated rings. The summed E-state index contributed by atoms with van der Waals surface area (Å²) in [6, 6.07) is 7.62. The molecule has 2 aromatic rings. The molecule has 1 aromatic carbocycles. The summed E-state index contributed by atoms with van der Waals surface area (Å²) in [6.45, 7) is 2.59. The van der Waals surface area contributed by atoms with Gasteiger partial charge in [-0.2, -0.15) is 18.3 Å². The molecule has 0 spiro atoms. The average Bonchev–Trinajstić information content (AvgIpc) is 2.77. The second-order valence-corrected chi connectivity index (χ2v) is 5.89. The molecular weight excluding hydrogens is 347 g/mol. The summed E-state index contributed by atoms with van der Waals surface area (Å²) >= 11 is 3.02. The van der Waals surface area contributed by atoms with Gasteiger partial charge in [0, 0.05) is 6.54 Å². The summed E-state index contributed by atoms with van der Waals surface area (Å²) in [4.78, 5) is 0. The van der Waals surface area contributed by atoms with Crippen LogP contribution in [0.5, 0.6) is 0 Å². The molecule has 1 N–H and O–H groups in total. The van der Waals surface area contributed by atoms with E-state index in [0.717, 1.165) is 11.1 Å². The van der Waals surface area contributed by atoms with Crippen LogP contribution in [0.3, 0.4) is 0 Å². The van der Waals surface area contributed by atoms with Crippen LogP contribution in [-0.4, -0.2) is 16.3 Å². The second-order valence-electron chi connectivity index (χ2n) is 5.10. The Bertz CT molecular complexity index is 661. The van der Waals surface area contributed by atoms with Crippen molar-refractivity contribution in [1.82, 2.24) is 9.78 Å². The summed E-state index contributed by atoms with van der Waals surface area (Å²) in [5, 5.41) is 6.77. The number of nitrogens with one attached hydrogen (secondary N) is 1. The van der Waals surface area contributed by atoms with E-state index in [9.17, 15) is 13.2 Å². The van der Waals surface area contributed by atoms with Gasteiger partial charge in [-0.15, -0.1) is 0 Å².